The number of amides is 1. The van der Waals surface area contributed by atoms with Crippen molar-refractivity contribution < 1.29 is 14.5 Å². The highest BCUT2D eigenvalue weighted by molar-refractivity contribution is 5.70. The lowest BCUT2D eigenvalue weighted by molar-refractivity contribution is -0.383. The van der Waals surface area contributed by atoms with E-state index in [1.165, 1.54) is 12.1 Å². The van der Waals surface area contributed by atoms with Crippen molar-refractivity contribution in [2.45, 2.75) is 0 Å². The largest absolute Gasteiger partial charge is 0.410 e. The van der Waals surface area contributed by atoms with E-state index in [0.29, 0.717) is 0 Å². The Bertz CT molecular complexity index is 391. The van der Waals surface area contributed by atoms with Crippen LogP contribution in [0.5, 0.6) is 5.75 Å². The Balaban J connectivity index is 3.06. The summed E-state index contributed by atoms with van der Waals surface area (Å²) in [6.07, 6.45) is -1.04. The van der Waals surface area contributed by atoms with E-state index in [9.17, 15) is 14.9 Å². The Morgan fingerprint density at radius 1 is 1.50 bits per heavy atom. The van der Waals surface area contributed by atoms with Crippen LogP contribution in [0, 0.1) is 10.1 Å². The standard InChI is InChI=1S/C7H7N3O4/c8-5-2-1-4(14-7(9)11)3-6(5)10(12)13/h1-3H,8H2,(H2,9,11). The second-order valence-electron chi connectivity index (χ2n) is 2.40. The maximum atomic E-state index is 10.4. The lowest BCUT2D eigenvalue weighted by atomic mass is 10.2. The van der Waals surface area contributed by atoms with Gasteiger partial charge in [0.1, 0.15) is 11.4 Å². The minimum atomic E-state index is -1.04. The molecule has 0 bridgehead atoms. The predicted molar refractivity (Wildman–Crippen MR) is 47.7 cm³/mol. The van der Waals surface area contributed by atoms with Crippen molar-refractivity contribution >= 4 is 17.5 Å². The van der Waals surface area contributed by atoms with E-state index >= 15 is 0 Å². The molecule has 1 aromatic rings. The van der Waals surface area contributed by atoms with E-state index in [1.807, 2.05) is 0 Å². The summed E-state index contributed by atoms with van der Waals surface area (Å²) < 4.78 is 4.44. The molecule has 0 aliphatic heterocycles. The van der Waals surface area contributed by atoms with Crippen LogP contribution >= 0.6 is 0 Å². The van der Waals surface area contributed by atoms with Crippen LogP contribution in [0.15, 0.2) is 18.2 Å². The molecule has 0 atom stereocenters. The molecule has 0 radical (unpaired) electrons. The van der Waals surface area contributed by atoms with Gasteiger partial charge < -0.3 is 16.2 Å². The Morgan fingerprint density at radius 2 is 2.14 bits per heavy atom. The van der Waals surface area contributed by atoms with Crippen molar-refractivity contribution in [3.63, 3.8) is 0 Å². The van der Waals surface area contributed by atoms with Crippen molar-refractivity contribution in [3.05, 3.63) is 28.3 Å². The number of hydrogen-bond donors (Lipinski definition) is 2. The third-order valence-electron chi connectivity index (χ3n) is 1.42. The quantitative estimate of drug-likeness (QED) is 0.409. The Labute approximate surface area is 78.4 Å². The smallest absolute Gasteiger partial charge is 0.409 e. The van der Waals surface area contributed by atoms with Crippen LogP contribution < -0.4 is 16.2 Å². The zero-order chi connectivity index (χ0) is 10.7. The van der Waals surface area contributed by atoms with Gasteiger partial charge in [-0.2, -0.15) is 0 Å². The number of ether oxygens (including phenoxy) is 1. The fraction of sp³-hybridized carbons (Fsp3) is 0. The highest BCUT2D eigenvalue weighted by Gasteiger charge is 2.13. The number of nitrogens with zero attached hydrogens (tertiary/aromatic N) is 1. The lowest BCUT2D eigenvalue weighted by Crippen LogP contribution is -2.16. The molecule has 74 valence electrons. The van der Waals surface area contributed by atoms with Crippen molar-refractivity contribution in [2.24, 2.45) is 5.73 Å². The van der Waals surface area contributed by atoms with Gasteiger partial charge in [0, 0.05) is 0 Å². The van der Waals surface area contributed by atoms with Crippen molar-refractivity contribution in [3.8, 4) is 5.75 Å². The molecule has 0 fully saturated rings. The van der Waals surface area contributed by atoms with Gasteiger partial charge in [-0.15, -0.1) is 0 Å². The average molecular weight is 197 g/mol. The maximum Gasteiger partial charge on any atom is 0.409 e. The number of benzene rings is 1. The van der Waals surface area contributed by atoms with Crippen molar-refractivity contribution in [1.29, 1.82) is 0 Å². The van der Waals surface area contributed by atoms with Crippen molar-refractivity contribution in [1.82, 2.24) is 0 Å². The lowest BCUT2D eigenvalue weighted by Gasteiger charge is -2.01. The van der Waals surface area contributed by atoms with E-state index < -0.39 is 11.0 Å². The summed E-state index contributed by atoms with van der Waals surface area (Å²) in [5.41, 5.74) is 9.70. The zero-order valence-electron chi connectivity index (χ0n) is 6.97. The van der Waals surface area contributed by atoms with Crippen LogP contribution in [0.4, 0.5) is 16.2 Å². The highest BCUT2D eigenvalue weighted by Crippen LogP contribution is 2.26. The number of primary amides is 1. The third-order valence-corrected chi connectivity index (χ3v) is 1.42. The molecule has 1 rings (SSSR count). The van der Waals surface area contributed by atoms with Gasteiger partial charge in [0.25, 0.3) is 5.69 Å². The molecule has 0 saturated carbocycles. The molecule has 14 heavy (non-hydrogen) atoms. The monoisotopic (exact) mass is 197 g/mol. The highest BCUT2D eigenvalue weighted by atomic mass is 16.6. The molecular weight excluding hydrogens is 190 g/mol. The van der Waals surface area contributed by atoms with Gasteiger partial charge in [0.15, 0.2) is 0 Å². The maximum absolute atomic E-state index is 10.4. The first kappa shape index (κ1) is 9.78. The first-order valence-corrected chi connectivity index (χ1v) is 3.52. The van der Waals surface area contributed by atoms with Gasteiger partial charge in [-0.25, -0.2) is 4.79 Å². The molecule has 7 nitrogen and oxygen atoms in total. The van der Waals surface area contributed by atoms with E-state index in [-0.39, 0.29) is 17.1 Å². The van der Waals surface area contributed by atoms with Crippen LogP contribution in [0.3, 0.4) is 0 Å². The molecule has 1 amide bonds. The summed E-state index contributed by atoms with van der Waals surface area (Å²) in [6.45, 7) is 0. The minimum Gasteiger partial charge on any atom is -0.410 e. The zero-order valence-corrected chi connectivity index (χ0v) is 6.97. The Kier molecular flexibility index (Phi) is 2.52. The normalized spacial score (nSPS) is 9.43. The first-order chi connectivity index (χ1) is 6.50. The molecule has 0 aliphatic carbocycles. The van der Waals surface area contributed by atoms with E-state index in [1.54, 1.807) is 0 Å². The summed E-state index contributed by atoms with van der Waals surface area (Å²) in [5, 5.41) is 10.4. The number of hydrogen-bond acceptors (Lipinski definition) is 5. The number of nitrogens with two attached hydrogens (primary N) is 2. The van der Waals surface area contributed by atoms with Gasteiger partial charge in [-0.3, -0.25) is 10.1 Å². The number of nitro groups is 1. The summed E-state index contributed by atoms with van der Waals surface area (Å²) in [7, 11) is 0. The van der Waals surface area contributed by atoms with Crippen LogP contribution in [0.25, 0.3) is 0 Å². The summed E-state index contributed by atoms with van der Waals surface area (Å²) in [5.74, 6) is -0.0154. The summed E-state index contributed by atoms with van der Waals surface area (Å²) in [4.78, 5) is 20.1. The van der Waals surface area contributed by atoms with E-state index in [0.717, 1.165) is 6.07 Å². The number of nitrogen functional groups attached to an aromatic ring is 1. The summed E-state index contributed by atoms with van der Waals surface area (Å²) in [6, 6.07) is 3.60. The number of nitro benzene ring substituents is 1. The molecule has 0 aliphatic rings. The second-order valence-corrected chi connectivity index (χ2v) is 2.40. The van der Waals surface area contributed by atoms with Gasteiger partial charge in [0.2, 0.25) is 0 Å². The molecule has 7 heteroatoms. The van der Waals surface area contributed by atoms with E-state index in [4.69, 9.17) is 11.5 Å². The van der Waals surface area contributed by atoms with Crippen molar-refractivity contribution in [2.75, 3.05) is 5.73 Å². The Hall–Kier alpha value is -2.31. The third kappa shape index (κ3) is 2.09. The molecule has 4 N–H and O–H groups in total. The van der Waals surface area contributed by atoms with Gasteiger partial charge >= 0.3 is 6.09 Å². The molecule has 1 aromatic carbocycles. The fourth-order valence-corrected chi connectivity index (χ4v) is 0.861. The molecule has 0 saturated heterocycles. The SMILES string of the molecule is NC(=O)Oc1ccc(N)c([N+](=O)[O-])c1. The number of carbonyl (C=O) groups is 1. The predicted octanol–water partition coefficient (Wildman–Crippen LogP) is 0.635. The minimum absolute atomic E-state index is 0.00757. The fourth-order valence-electron chi connectivity index (χ4n) is 0.861. The molecule has 0 unspecified atom stereocenters. The molecule has 0 aromatic heterocycles. The van der Waals surface area contributed by atoms with Crippen LogP contribution in [-0.4, -0.2) is 11.0 Å². The first-order valence-electron chi connectivity index (χ1n) is 3.52. The topological polar surface area (TPSA) is 121 Å². The number of carbonyl (C=O) groups excluding carboxylic acids is 1. The van der Waals surface area contributed by atoms with Crippen LogP contribution in [0.1, 0.15) is 0 Å². The number of anilines is 1. The van der Waals surface area contributed by atoms with Gasteiger partial charge in [-0.05, 0) is 12.1 Å². The van der Waals surface area contributed by atoms with Crippen LogP contribution in [-0.2, 0) is 0 Å². The van der Waals surface area contributed by atoms with Gasteiger partial charge in [-0.1, -0.05) is 0 Å². The second kappa shape index (κ2) is 3.60. The molecule has 0 spiro atoms. The van der Waals surface area contributed by atoms with Crippen LogP contribution in [0.2, 0.25) is 0 Å². The molecular formula is C7H7N3O4. The summed E-state index contributed by atoms with van der Waals surface area (Å²) >= 11 is 0. The molecule has 0 heterocycles. The Morgan fingerprint density at radius 3 is 2.64 bits per heavy atom. The van der Waals surface area contributed by atoms with E-state index in [2.05, 4.69) is 4.74 Å². The average Bonchev–Trinajstić information content (AvgIpc) is 2.07. The number of rotatable bonds is 2. The van der Waals surface area contributed by atoms with Gasteiger partial charge in [0.05, 0.1) is 11.0 Å².